The van der Waals surface area contributed by atoms with Crippen LogP contribution in [-0.4, -0.2) is 24.0 Å². The van der Waals surface area contributed by atoms with Crippen LogP contribution in [0.1, 0.15) is 31.9 Å². The Labute approximate surface area is 121 Å². The molecule has 18 heavy (non-hydrogen) atoms. The molecule has 1 aliphatic heterocycles. The van der Waals surface area contributed by atoms with Gasteiger partial charge in [0.15, 0.2) is 0 Å². The summed E-state index contributed by atoms with van der Waals surface area (Å²) in [5.41, 5.74) is 7.28. The molecule has 2 nitrogen and oxygen atoms in total. The smallest absolute Gasteiger partial charge is 0.0453 e. The second-order valence-electron chi connectivity index (χ2n) is 5.12. The Morgan fingerprint density at radius 3 is 2.67 bits per heavy atom. The van der Waals surface area contributed by atoms with Crippen LogP contribution in [-0.2, 0) is 0 Å². The lowest BCUT2D eigenvalue weighted by Gasteiger charge is -2.39. The quantitative estimate of drug-likeness (QED) is 0.903. The van der Waals surface area contributed by atoms with Gasteiger partial charge in [-0.1, -0.05) is 36.7 Å². The molecule has 1 saturated heterocycles. The third-order valence-electron chi connectivity index (χ3n) is 3.91. The molecule has 0 aliphatic carbocycles. The maximum absolute atomic E-state index is 6.25. The van der Waals surface area contributed by atoms with Gasteiger partial charge in [0, 0.05) is 30.2 Å². The molecule has 102 valence electrons. The van der Waals surface area contributed by atoms with Crippen molar-refractivity contribution in [1.29, 1.82) is 0 Å². The first-order valence-corrected chi connectivity index (χ1v) is 6.71. The molecule has 0 aromatic heterocycles. The lowest BCUT2D eigenvalue weighted by molar-refractivity contribution is 0.124. The molecule has 1 aliphatic rings. The third-order valence-corrected chi connectivity index (χ3v) is 4.25. The molecule has 1 heterocycles. The van der Waals surface area contributed by atoms with Gasteiger partial charge in [0.2, 0.25) is 0 Å². The molecule has 1 aromatic carbocycles. The molecule has 3 unspecified atom stereocenters. The summed E-state index contributed by atoms with van der Waals surface area (Å²) in [4.78, 5) is 2.48. The molecule has 1 aromatic rings. The third kappa shape index (κ3) is 3.39. The summed E-state index contributed by atoms with van der Waals surface area (Å²) in [7, 11) is 0. The molecule has 4 heteroatoms. The number of rotatable bonds is 2. The van der Waals surface area contributed by atoms with Gasteiger partial charge in [-0.15, -0.1) is 12.4 Å². The first-order valence-electron chi connectivity index (χ1n) is 6.33. The average molecular weight is 289 g/mol. The summed E-state index contributed by atoms with van der Waals surface area (Å²) in [5.74, 6) is 0.564. The topological polar surface area (TPSA) is 29.3 Å². The van der Waals surface area contributed by atoms with E-state index in [2.05, 4.69) is 30.9 Å². The lowest BCUT2D eigenvalue weighted by atomic mass is 9.92. The van der Waals surface area contributed by atoms with E-state index < -0.39 is 0 Å². The monoisotopic (exact) mass is 288 g/mol. The van der Waals surface area contributed by atoms with Crippen molar-refractivity contribution < 1.29 is 0 Å². The van der Waals surface area contributed by atoms with Gasteiger partial charge in [-0.2, -0.15) is 0 Å². The van der Waals surface area contributed by atoms with Gasteiger partial charge in [-0.05, 0) is 30.9 Å². The van der Waals surface area contributed by atoms with E-state index in [1.165, 1.54) is 5.56 Å². The van der Waals surface area contributed by atoms with Crippen LogP contribution in [0.4, 0.5) is 0 Å². The Kier molecular flexibility index (Phi) is 5.93. The molecule has 2 N–H and O–H groups in total. The molecule has 0 bridgehead atoms. The Balaban J connectivity index is 0.00000162. The minimum Gasteiger partial charge on any atom is -0.327 e. The summed E-state index contributed by atoms with van der Waals surface area (Å²) >= 11 is 6.25. The van der Waals surface area contributed by atoms with Crippen LogP contribution < -0.4 is 5.73 Å². The summed E-state index contributed by atoms with van der Waals surface area (Å²) < 4.78 is 0. The lowest BCUT2D eigenvalue weighted by Crippen LogP contribution is -2.46. The SMILES string of the molecule is CC1CN(C(C)c2ccccc2Cl)CCC1N.Cl. The number of nitrogens with zero attached hydrogens (tertiary/aromatic N) is 1. The van der Waals surface area contributed by atoms with Crippen LogP contribution in [0.5, 0.6) is 0 Å². The minimum absolute atomic E-state index is 0. The van der Waals surface area contributed by atoms with Crippen molar-refractivity contribution in [3.63, 3.8) is 0 Å². The van der Waals surface area contributed by atoms with E-state index in [-0.39, 0.29) is 12.4 Å². The summed E-state index contributed by atoms with van der Waals surface area (Å²) in [5, 5.41) is 0.863. The number of piperidine rings is 1. The fourth-order valence-corrected chi connectivity index (χ4v) is 2.85. The highest BCUT2D eigenvalue weighted by Crippen LogP contribution is 2.30. The van der Waals surface area contributed by atoms with Crippen LogP contribution in [0.2, 0.25) is 5.02 Å². The number of nitrogens with two attached hydrogens (primary N) is 1. The van der Waals surface area contributed by atoms with Crippen molar-refractivity contribution in [1.82, 2.24) is 4.90 Å². The van der Waals surface area contributed by atoms with Crippen LogP contribution in [0.25, 0.3) is 0 Å². The predicted molar refractivity (Wildman–Crippen MR) is 80.4 cm³/mol. The molecular weight excluding hydrogens is 267 g/mol. The van der Waals surface area contributed by atoms with Crippen molar-refractivity contribution >= 4 is 24.0 Å². The van der Waals surface area contributed by atoms with Gasteiger partial charge in [-0.3, -0.25) is 4.90 Å². The fourth-order valence-electron chi connectivity index (χ4n) is 2.56. The zero-order valence-electron chi connectivity index (χ0n) is 11.0. The van der Waals surface area contributed by atoms with E-state index in [9.17, 15) is 0 Å². The molecular formula is C14H22Cl2N2. The van der Waals surface area contributed by atoms with Gasteiger partial charge in [0.25, 0.3) is 0 Å². The normalized spacial score (nSPS) is 26.4. The van der Waals surface area contributed by atoms with Crippen molar-refractivity contribution in [2.45, 2.75) is 32.4 Å². The number of halogens is 2. The van der Waals surface area contributed by atoms with Gasteiger partial charge >= 0.3 is 0 Å². The molecule has 0 amide bonds. The maximum atomic E-state index is 6.25. The Bertz CT molecular complexity index is 384. The zero-order valence-corrected chi connectivity index (χ0v) is 12.5. The minimum atomic E-state index is 0. The van der Waals surface area contributed by atoms with Crippen LogP contribution in [0.15, 0.2) is 24.3 Å². The molecule has 1 fully saturated rings. The molecule has 3 atom stereocenters. The second-order valence-corrected chi connectivity index (χ2v) is 5.53. The highest BCUT2D eigenvalue weighted by molar-refractivity contribution is 6.31. The van der Waals surface area contributed by atoms with E-state index in [0.717, 1.165) is 24.5 Å². The molecule has 0 spiro atoms. The molecule has 0 radical (unpaired) electrons. The first-order chi connectivity index (χ1) is 8.09. The average Bonchev–Trinajstić information content (AvgIpc) is 2.32. The highest BCUT2D eigenvalue weighted by Gasteiger charge is 2.27. The van der Waals surface area contributed by atoms with E-state index >= 15 is 0 Å². The van der Waals surface area contributed by atoms with Crippen molar-refractivity contribution in [2.24, 2.45) is 11.7 Å². The van der Waals surface area contributed by atoms with E-state index in [1.807, 2.05) is 12.1 Å². The summed E-state index contributed by atoms with van der Waals surface area (Å²) in [6.07, 6.45) is 1.08. The highest BCUT2D eigenvalue weighted by atomic mass is 35.5. The van der Waals surface area contributed by atoms with Crippen LogP contribution in [0.3, 0.4) is 0 Å². The van der Waals surface area contributed by atoms with Crippen LogP contribution >= 0.6 is 24.0 Å². The Morgan fingerprint density at radius 1 is 1.39 bits per heavy atom. The van der Waals surface area contributed by atoms with Gasteiger partial charge in [-0.25, -0.2) is 0 Å². The Hall–Kier alpha value is -0.280. The number of hydrogen-bond donors (Lipinski definition) is 1. The summed E-state index contributed by atoms with van der Waals surface area (Å²) in [6.45, 7) is 6.59. The van der Waals surface area contributed by atoms with Gasteiger partial charge < -0.3 is 5.73 Å². The molecule has 0 saturated carbocycles. The van der Waals surface area contributed by atoms with Gasteiger partial charge in [0.05, 0.1) is 0 Å². The Morgan fingerprint density at radius 2 is 2.06 bits per heavy atom. The van der Waals surface area contributed by atoms with Crippen molar-refractivity contribution in [3.05, 3.63) is 34.9 Å². The van der Waals surface area contributed by atoms with Crippen molar-refractivity contribution in [2.75, 3.05) is 13.1 Å². The van der Waals surface area contributed by atoms with E-state index in [4.69, 9.17) is 17.3 Å². The fraction of sp³-hybridized carbons (Fsp3) is 0.571. The molecule has 2 rings (SSSR count). The predicted octanol–water partition coefficient (Wildman–Crippen LogP) is 3.49. The number of benzene rings is 1. The van der Waals surface area contributed by atoms with E-state index in [1.54, 1.807) is 0 Å². The van der Waals surface area contributed by atoms with Crippen LogP contribution in [0, 0.1) is 5.92 Å². The van der Waals surface area contributed by atoms with E-state index in [0.29, 0.717) is 18.0 Å². The first kappa shape index (κ1) is 15.8. The standard InChI is InChI=1S/C14H21ClN2.ClH/c1-10-9-17(8-7-14(10)16)11(2)12-5-3-4-6-13(12)15;/h3-6,10-11,14H,7-9,16H2,1-2H3;1H. The largest absolute Gasteiger partial charge is 0.327 e. The summed E-state index contributed by atoms with van der Waals surface area (Å²) in [6, 6.07) is 8.84. The zero-order chi connectivity index (χ0) is 12.4. The van der Waals surface area contributed by atoms with Crippen molar-refractivity contribution in [3.8, 4) is 0 Å². The second kappa shape index (κ2) is 6.76. The maximum Gasteiger partial charge on any atom is 0.0453 e. The number of hydrogen-bond acceptors (Lipinski definition) is 2. The van der Waals surface area contributed by atoms with Gasteiger partial charge in [0.1, 0.15) is 0 Å². The number of likely N-dealkylation sites (tertiary alicyclic amines) is 1.